The zero-order valence-electron chi connectivity index (χ0n) is 18.0. The zero-order chi connectivity index (χ0) is 24.0. The minimum atomic E-state index is -1.24. The van der Waals surface area contributed by atoms with Crippen molar-refractivity contribution in [2.75, 3.05) is 4.90 Å². The molecule has 1 aromatic heterocycles. The smallest absolute Gasteiger partial charge is 0.301 e. The van der Waals surface area contributed by atoms with Crippen molar-refractivity contribution >= 4 is 44.1 Å². The third kappa shape index (κ3) is 3.56. The van der Waals surface area contributed by atoms with Crippen LogP contribution in [-0.4, -0.2) is 21.8 Å². The fourth-order valence-corrected chi connectivity index (χ4v) is 5.12. The van der Waals surface area contributed by atoms with Crippen LogP contribution in [0.25, 0.3) is 16.0 Å². The number of halogens is 2. The second-order valence-corrected chi connectivity index (χ2v) is 8.86. The SMILES string of the molecule is CCc1ccc2nc(N3C(=O)C(=O)/C(=C(/O)c4ccc(F)cc4)[C@@H]3c3ccccc3F)sc2c1. The maximum atomic E-state index is 15.0. The highest BCUT2D eigenvalue weighted by atomic mass is 32.1. The first-order valence-corrected chi connectivity index (χ1v) is 11.4. The van der Waals surface area contributed by atoms with Gasteiger partial charge in [0.05, 0.1) is 15.8 Å². The van der Waals surface area contributed by atoms with E-state index >= 15 is 0 Å². The molecular weight excluding hydrogens is 458 g/mol. The number of carbonyl (C=O) groups is 2. The number of Topliss-reactive ketones (excluding diaryl/α,β-unsaturated/α-hetero) is 1. The molecule has 0 saturated carbocycles. The van der Waals surface area contributed by atoms with Crippen molar-refractivity contribution in [2.24, 2.45) is 0 Å². The van der Waals surface area contributed by atoms with Gasteiger partial charge < -0.3 is 5.11 Å². The minimum Gasteiger partial charge on any atom is -0.507 e. The van der Waals surface area contributed by atoms with Gasteiger partial charge in [0.25, 0.3) is 5.78 Å². The standard InChI is InChI=1S/C26H18F2N2O3S/c1-2-14-7-12-19-20(13-14)34-26(29-19)30-22(17-5-3-4-6-18(17)28)21(24(32)25(30)33)23(31)15-8-10-16(27)11-9-15/h3-13,22,31H,2H2,1H3/b23-21+/t22-/m0/s1. The number of ketones is 1. The van der Waals surface area contributed by atoms with Crippen LogP contribution < -0.4 is 4.90 Å². The van der Waals surface area contributed by atoms with Gasteiger partial charge in [0.2, 0.25) is 0 Å². The third-order valence-electron chi connectivity index (χ3n) is 5.82. The van der Waals surface area contributed by atoms with Gasteiger partial charge >= 0.3 is 5.91 Å². The summed E-state index contributed by atoms with van der Waals surface area (Å²) in [6, 6.07) is 15.1. The van der Waals surface area contributed by atoms with Crippen LogP contribution in [0.15, 0.2) is 72.3 Å². The van der Waals surface area contributed by atoms with E-state index < -0.39 is 35.1 Å². The average molecular weight is 477 g/mol. The maximum Gasteiger partial charge on any atom is 0.301 e. The van der Waals surface area contributed by atoms with E-state index in [0.717, 1.165) is 33.7 Å². The summed E-state index contributed by atoms with van der Waals surface area (Å²) < 4.78 is 29.2. The van der Waals surface area contributed by atoms with Crippen molar-refractivity contribution in [3.63, 3.8) is 0 Å². The predicted octanol–water partition coefficient (Wildman–Crippen LogP) is 5.76. The first-order valence-electron chi connectivity index (χ1n) is 10.6. The second-order valence-electron chi connectivity index (χ2n) is 7.85. The number of hydrogen-bond donors (Lipinski definition) is 1. The molecule has 5 rings (SSSR count). The number of anilines is 1. The summed E-state index contributed by atoms with van der Waals surface area (Å²) in [6.45, 7) is 2.02. The van der Waals surface area contributed by atoms with E-state index in [2.05, 4.69) is 4.98 Å². The molecule has 2 heterocycles. The average Bonchev–Trinajstić information content (AvgIpc) is 3.37. The lowest BCUT2D eigenvalue weighted by molar-refractivity contribution is -0.132. The Kier molecular flexibility index (Phi) is 5.45. The summed E-state index contributed by atoms with van der Waals surface area (Å²) in [6.07, 6.45) is 0.820. The number of fused-ring (bicyclic) bond motifs is 1. The van der Waals surface area contributed by atoms with Crippen LogP contribution in [0.1, 0.15) is 29.7 Å². The lowest BCUT2D eigenvalue weighted by Gasteiger charge is -2.23. The third-order valence-corrected chi connectivity index (χ3v) is 6.84. The highest BCUT2D eigenvalue weighted by Crippen LogP contribution is 2.45. The molecule has 1 aliphatic heterocycles. The minimum absolute atomic E-state index is 0.0406. The molecule has 1 aliphatic rings. The van der Waals surface area contributed by atoms with Crippen molar-refractivity contribution < 1.29 is 23.5 Å². The van der Waals surface area contributed by atoms with Gasteiger partial charge in [-0.25, -0.2) is 13.8 Å². The van der Waals surface area contributed by atoms with E-state index in [-0.39, 0.29) is 21.8 Å². The van der Waals surface area contributed by atoms with Gasteiger partial charge in [0, 0.05) is 11.1 Å². The van der Waals surface area contributed by atoms with Crippen LogP contribution in [-0.2, 0) is 16.0 Å². The maximum absolute atomic E-state index is 15.0. The molecule has 0 radical (unpaired) electrons. The Morgan fingerprint density at radius 2 is 1.79 bits per heavy atom. The molecule has 1 N–H and O–H groups in total. The molecule has 5 nitrogen and oxygen atoms in total. The Morgan fingerprint density at radius 3 is 2.50 bits per heavy atom. The number of carbonyl (C=O) groups excluding carboxylic acids is 2. The largest absolute Gasteiger partial charge is 0.507 e. The van der Waals surface area contributed by atoms with Gasteiger partial charge in [-0.3, -0.25) is 14.5 Å². The Hall–Kier alpha value is -3.91. The van der Waals surface area contributed by atoms with Gasteiger partial charge in [-0.15, -0.1) is 0 Å². The summed E-state index contributed by atoms with van der Waals surface area (Å²) in [5, 5.41) is 11.2. The number of aromatic nitrogens is 1. The number of benzene rings is 3. The molecule has 0 bridgehead atoms. The van der Waals surface area contributed by atoms with E-state index in [1.54, 1.807) is 6.07 Å². The molecule has 1 amide bonds. The molecule has 1 fully saturated rings. The Labute approximate surface area is 197 Å². The first-order chi connectivity index (χ1) is 16.4. The van der Waals surface area contributed by atoms with Gasteiger partial charge in [0.15, 0.2) is 5.13 Å². The Bertz CT molecular complexity index is 1480. The molecule has 8 heteroatoms. The number of hydrogen-bond acceptors (Lipinski definition) is 5. The molecule has 34 heavy (non-hydrogen) atoms. The molecule has 170 valence electrons. The lowest BCUT2D eigenvalue weighted by atomic mass is 9.95. The zero-order valence-corrected chi connectivity index (χ0v) is 18.8. The molecule has 1 saturated heterocycles. The summed E-state index contributed by atoms with van der Waals surface area (Å²) in [7, 11) is 0. The number of rotatable bonds is 4. The van der Waals surface area contributed by atoms with Crippen molar-refractivity contribution in [1.29, 1.82) is 0 Å². The molecule has 0 unspecified atom stereocenters. The fraction of sp³-hybridized carbons (Fsp3) is 0.115. The molecule has 0 spiro atoms. The van der Waals surface area contributed by atoms with E-state index in [0.29, 0.717) is 5.52 Å². The summed E-state index contributed by atoms with van der Waals surface area (Å²) in [5.41, 5.74) is 1.63. The van der Waals surface area contributed by atoms with E-state index in [1.807, 2.05) is 25.1 Å². The number of aliphatic hydroxyl groups is 1. The topological polar surface area (TPSA) is 70.5 Å². The summed E-state index contributed by atoms with van der Waals surface area (Å²) in [5.74, 6) is -3.57. The quantitative estimate of drug-likeness (QED) is 0.231. The van der Waals surface area contributed by atoms with Crippen molar-refractivity contribution in [2.45, 2.75) is 19.4 Å². The summed E-state index contributed by atoms with van der Waals surface area (Å²) >= 11 is 1.21. The van der Waals surface area contributed by atoms with Crippen molar-refractivity contribution in [1.82, 2.24) is 4.98 Å². The molecule has 3 aromatic carbocycles. The van der Waals surface area contributed by atoms with Crippen LogP contribution >= 0.6 is 11.3 Å². The highest BCUT2D eigenvalue weighted by Gasteiger charge is 2.49. The number of amides is 1. The first kappa shape index (κ1) is 21.9. The lowest BCUT2D eigenvalue weighted by Crippen LogP contribution is -2.29. The molecular formula is C26H18F2N2O3S. The molecule has 1 atom stereocenters. The molecule has 4 aromatic rings. The molecule has 0 aliphatic carbocycles. The highest BCUT2D eigenvalue weighted by molar-refractivity contribution is 7.22. The van der Waals surface area contributed by atoms with Crippen LogP contribution in [0.4, 0.5) is 13.9 Å². The fourth-order valence-electron chi connectivity index (χ4n) is 4.06. The number of thiazole rings is 1. The van der Waals surface area contributed by atoms with Crippen LogP contribution in [0.2, 0.25) is 0 Å². The Balaban J connectivity index is 1.73. The normalized spacial score (nSPS) is 17.6. The van der Waals surface area contributed by atoms with E-state index in [1.165, 1.54) is 41.7 Å². The second kappa shape index (κ2) is 8.46. The number of aryl methyl sites for hydroxylation is 1. The van der Waals surface area contributed by atoms with Gasteiger partial charge in [-0.05, 0) is 54.4 Å². The van der Waals surface area contributed by atoms with Gasteiger partial charge in [-0.2, -0.15) is 0 Å². The number of aliphatic hydroxyl groups excluding tert-OH is 1. The summed E-state index contributed by atoms with van der Waals surface area (Å²) in [4.78, 5) is 32.0. The van der Waals surface area contributed by atoms with Crippen LogP contribution in [0.3, 0.4) is 0 Å². The van der Waals surface area contributed by atoms with Crippen molar-refractivity contribution in [3.8, 4) is 0 Å². The number of nitrogens with zero attached hydrogens (tertiary/aromatic N) is 2. The monoisotopic (exact) mass is 476 g/mol. The van der Waals surface area contributed by atoms with Crippen molar-refractivity contribution in [3.05, 3.63) is 101 Å². The van der Waals surface area contributed by atoms with Gasteiger partial charge in [0.1, 0.15) is 23.4 Å². The van der Waals surface area contributed by atoms with Gasteiger partial charge in [-0.1, -0.05) is 42.5 Å². The van der Waals surface area contributed by atoms with Crippen LogP contribution in [0, 0.1) is 11.6 Å². The van der Waals surface area contributed by atoms with E-state index in [9.17, 15) is 23.5 Å². The Morgan fingerprint density at radius 1 is 1.06 bits per heavy atom. The van der Waals surface area contributed by atoms with E-state index in [4.69, 9.17) is 0 Å². The predicted molar refractivity (Wildman–Crippen MR) is 127 cm³/mol. The van der Waals surface area contributed by atoms with Crippen LogP contribution in [0.5, 0.6) is 0 Å².